The number of para-hydroxylation sites is 1. The van der Waals surface area contributed by atoms with Crippen molar-refractivity contribution < 1.29 is 9.47 Å². The number of nitrogens with one attached hydrogen (secondary N) is 1. The number of hydrogen-bond donors (Lipinski definition) is 1. The van der Waals surface area contributed by atoms with Crippen molar-refractivity contribution in [2.45, 2.75) is 13.0 Å². The van der Waals surface area contributed by atoms with Crippen molar-refractivity contribution in [2.24, 2.45) is 4.99 Å². The molecule has 6 nitrogen and oxygen atoms in total. The lowest BCUT2D eigenvalue weighted by Crippen LogP contribution is -2.39. The summed E-state index contributed by atoms with van der Waals surface area (Å²) in [5, 5.41) is 4.61. The van der Waals surface area contributed by atoms with E-state index in [1.165, 1.54) is 5.56 Å². The second-order valence-electron chi connectivity index (χ2n) is 6.75. The lowest BCUT2D eigenvalue weighted by molar-refractivity contribution is 0.382. The molecule has 0 saturated heterocycles. The van der Waals surface area contributed by atoms with E-state index >= 15 is 0 Å². The highest BCUT2D eigenvalue weighted by Gasteiger charge is 2.11. The first kappa shape index (κ1) is 23.7. The Morgan fingerprint density at radius 3 is 2.60 bits per heavy atom. The third-order valence-corrected chi connectivity index (χ3v) is 4.87. The molecule has 1 aromatic heterocycles. The van der Waals surface area contributed by atoms with Gasteiger partial charge in [-0.3, -0.25) is 9.98 Å². The van der Waals surface area contributed by atoms with E-state index in [9.17, 15) is 0 Å². The zero-order valence-electron chi connectivity index (χ0n) is 17.9. The van der Waals surface area contributed by atoms with Crippen molar-refractivity contribution in [3.05, 3.63) is 65.9 Å². The molecule has 0 fully saturated rings. The third kappa shape index (κ3) is 5.75. The van der Waals surface area contributed by atoms with Crippen LogP contribution in [0.1, 0.15) is 11.1 Å². The number of methoxy groups -OCH3 is 2. The lowest BCUT2D eigenvalue weighted by atomic mass is 10.1. The summed E-state index contributed by atoms with van der Waals surface area (Å²) in [6.07, 6.45) is 2.71. The van der Waals surface area contributed by atoms with Crippen molar-refractivity contribution in [1.29, 1.82) is 0 Å². The molecule has 1 N–H and O–H groups in total. The number of fused-ring (bicyclic) bond motifs is 1. The topological polar surface area (TPSA) is 59.0 Å². The minimum Gasteiger partial charge on any atom is -0.497 e. The predicted molar refractivity (Wildman–Crippen MR) is 133 cm³/mol. The average Bonchev–Trinajstić information content (AvgIpc) is 2.77. The van der Waals surface area contributed by atoms with Gasteiger partial charge in [-0.25, -0.2) is 0 Å². The summed E-state index contributed by atoms with van der Waals surface area (Å²) in [4.78, 5) is 11.0. The van der Waals surface area contributed by atoms with Gasteiger partial charge in [0, 0.05) is 50.4 Å². The molecule has 0 spiro atoms. The fourth-order valence-corrected chi connectivity index (χ4v) is 3.38. The van der Waals surface area contributed by atoms with Crippen molar-refractivity contribution >= 4 is 40.8 Å². The van der Waals surface area contributed by atoms with Crippen LogP contribution < -0.4 is 14.8 Å². The zero-order chi connectivity index (χ0) is 20.6. The van der Waals surface area contributed by atoms with E-state index in [1.54, 1.807) is 21.3 Å². The highest BCUT2D eigenvalue weighted by atomic mass is 127. The number of rotatable bonds is 7. The largest absolute Gasteiger partial charge is 0.497 e. The zero-order valence-corrected chi connectivity index (χ0v) is 20.2. The van der Waals surface area contributed by atoms with E-state index in [0.717, 1.165) is 46.9 Å². The van der Waals surface area contributed by atoms with Crippen LogP contribution in [0.15, 0.2) is 59.7 Å². The number of ether oxygens (including phenoxy) is 2. The summed E-state index contributed by atoms with van der Waals surface area (Å²) in [6, 6.07) is 16.2. The van der Waals surface area contributed by atoms with E-state index < -0.39 is 0 Å². The second kappa shape index (κ2) is 11.6. The standard InChI is InChI=1S/C23H28N4O2.HI/c1-24-23(27(2)16-19-10-11-20(28-3)15-21(19)29-4)26-14-12-18-8-5-7-17-9-6-13-25-22(17)18;/h5-11,13,15H,12,14,16H2,1-4H3,(H,24,26);1H. The summed E-state index contributed by atoms with van der Waals surface area (Å²) < 4.78 is 10.8. The van der Waals surface area contributed by atoms with Crippen LogP contribution in [-0.4, -0.2) is 50.7 Å². The summed E-state index contributed by atoms with van der Waals surface area (Å²) in [7, 11) is 7.13. The number of aromatic nitrogens is 1. The summed E-state index contributed by atoms with van der Waals surface area (Å²) >= 11 is 0. The van der Waals surface area contributed by atoms with Gasteiger partial charge in [0.05, 0.1) is 19.7 Å². The quantitative estimate of drug-likeness (QED) is 0.289. The molecule has 0 amide bonds. The smallest absolute Gasteiger partial charge is 0.193 e. The number of hydrogen-bond acceptors (Lipinski definition) is 4. The normalized spacial score (nSPS) is 11.0. The van der Waals surface area contributed by atoms with Gasteiger partial charge < -0.3 is 19.7 Å². The van der Waals surface area contributed by atoms with Crippen molar-refractivity contribution in [3.8, 4) is 11.5 Å². The number of halogens is 1. The molecule has 0 saturated carbocycles. The minimum atomic E-state index is 0. The first-order valence-corrected chi connectivity index (χ1v) is 9.61. The van der Waals surface area contributed by atoms with Gasteiger partial charge in [-0.2, -0.15) is 0 Å². The lowest BCUT2D eigenvalue weighted by Gasteiger charge is -2.23. The van der Waals surface area contributed by atoms with Crippen LogP contribution in [0.4, 0.5) is 0 Å². The first-order valence-electron chi connectivity index (χ1n) is 9.61. The van der Waals surface area contributed by atoms with Gasteiger partial charge in [0.15, 0.2) is 5.96 Å². The van der Waals surface area contributed by atoms with Gasteiger partial charge in [0.25, 0.3) is 0 Å². The molecule has 0 aliphatic heterocycles. The highest BCUT2D eigenvalue weighted by molar-refractivity contribution is 14.0. The van der Waals surface area contributed by atoms with E-state index in [2.05, 4.69) is 44.5 Å². The maximum absolute atomic E-state index is 5.51. The van der Waals surface area contributed by atoms with Crippen LogP contribution >= 0.6 is 24.0 Å². The van der Waals surface area contributed by atoms with Crippen LogP contribution in [0.3, 0.4) is 0 Å². The van der Waals surface area contributed by atoms with E-state index in [0.29, 0.717) is 6.54 Å². The first-order chi connectivity index (χ1) is 14.2. The van der Waals surface area contributed by atoms with Crippen LogP contribution in [0.25, 0.3) is 10.9 Å². The number of pyridine rings is 1. The summed E-state index contributed by atoms with van der Waals surface area (Å²) in [6.45, 7) is 1.44. The van der Waals surface area contributed by atoms with Crippen LogP contribution in [0.2, 0.25) is 0 Å². The average molecular weight is 520 g/mol. The van der Waals surface area contributed by atoms with Gasteiger partial charge >= 0.3 is 0 Å². The number of benzene rings is 2. The molecule has 7 heteroatoms. The molecule has 0 aliphatic carbocycles. The molecule has 30 heavy (non-hydrogen) atoms. The molecule has 1 heterocycles. The van der Waals surface area contributed by atoms with E-state index in [-0.39, 0.29) is 24.0 Å². The Labute approximate surface area is 195 Å². The molecular formula is C23H29IN4O2. The Morgan fingerprint density at radius 1 is 1.07 bits per heavy atom. The summed E-state index contributed by atoms with van der Waals surface area (Å²) in [5.41, 5.74) is 3.35. The van der Waals surface area contributed by atoms with Gasteiger partial charge in [0.1, 0.15) is 11.5 Å². The van der Waals surface area contributed by atoms with Gasteiger partial charge in [-0.05, 0) is 30.2 Å². The molecule has 160 valence electrons. The number of guanidine groups is 1. The Kier molecular flexibility index (Phi) is 9.16. The predicted octanol–water partition coefficient (Wildman–Crippen LogP) is 4.12. The van der Waals surface area contributed by atoms with Crippen LogP contribution in [-0.2, 0) is 13.0 Å². The van der Waals surface area contributed by atoms with Crippen LogP contribution in [0, 0.1) is 0 Å². The molecule has 2 aromatic carbocycles. The Bertz CT molecular complexity index is 989. The maximum Gasteiger partial charge on any atom is 0.193 e. The highest BCUT2D eigenvalue weighted by Crippen LogP contribution is 2.25. The van der Waals surface area contributed by atoms with Crippen molar-refractivity contribution in [3.63, 3.8) is 0 Å². The van der Waals surface area contributed by atoms with Gasteiger partial charge in [-0.15, -0.1) is 24.0 Å². The minimum absolute atomic E-state index is 0. The molecular weight excluding hydrogens is 491 g/mol. The Hall–Kier alpha value is -2.55. The molecule has 0 aliphatic rings. The number of nitrogens with zero attached hydrogens (tertiary/aromatic N) is 3. The fraction of sp³-hybridized carbons (Fsp3) is 0.304. The Morgan fingerprint density at radius 2 is 1.87 bits per heavy atom. The van der Waals surface area contributed by atoms with E-state index in [1.807, 2.05) is 37.5 Å². The third-order valence-electron chi connectivity index (χ3n) is 4.87. The fourth-order valence-electron chi connectivity index (χ4n) is 3.38. The molecule has 3 aromatic rings. The summed E-state index contributed by atoms with van der Waals surface area (Å²) in [5.74, 6) is 2.41. The molecule has 0 bridgehead atoms. The Balaban J connectivity index is 0.00000320. The molecule has 0 atom stereocenters. The maximum atomic E-state index is 5.51. The molecule has 0 radical (unpaired) electrons. The van der Waals surface area contributed by atoms with Crippen LogP contribution in [0.5, 0.6) is 11.5 Å². The SMILES string of the molecule is CN=C(NCCc1cccc2cccnc12)N(C)Cc1ccc(OC)cc1OC.I. The monoisotopic (exact) mass is 520 g/mol. The molecule has 0 unspecified atom stereocenters. The number of aliphatic imine (C=N–C) groups is 1. The second-order valence-corrected chi connectivity index (χ2v) is 6.75. The molecule has 3 rings (SSSR count). The van der Waals surface area contributed by atoms with Crippen molar-refractivity contribution in [2.75, 3.05) is 34.9 Å². The van der Waals surface area contributed by atoms with Gasteiger partial charge in [0.2, 0.25) is 0 Å². The van der Waals surface area contributed by atoms with Crippen molar-refractivity contribution in [1.82, 2.24) is 15.2 Å². The van der Waals surface area contributed by atoms with Gasteiger partial charge in [-0.1, -0.05) is 24.3 Å². The van der Waals surface area contributed by atoms with E-state index in [4.69, 9.17) is 9.47 Å².